The molecule has 1 fully saturated rings. The lowest BCUT2D eigenvalue weighted by Crippen LogP contribution is -2.40. The maximum Gasteiger partial charge on any atom is 0.471 e. The third-order valence-electron chi connectivity index (χ3n) is 3.57. The van der Waals surface area contributed by atoms with E-state index in [0.717, 1.165) is 28.5 Å². The van der Waals surface area contributed by atoms with Gasteiger partial charge in [-0.1, -0.05) is 5.16 Å². The zero-order valence-electron chi connectivity index (χ0n) is 13.3. The van der Waals surface area contributed by atoms with Crippen LogP contribution in [0.5, 0.6) is 0 Å². The molecule has 2 aromatic rings. The average Bonchev–Trinajstić information content (AvgIpc) is 3.02. The summed E-state index contributed by atoms with van der Waals surface area (Å²) in [4.78, 5) is 4.40. The SMILES string of the molecule is CN(C)S(=O)(=O)N(Cc1ccc(-c2noc(C(F)(F)F)n2)s1)C1CC1. The van der Waals surface area contributed by atoms with Crippen LogP contribution in [0.15, 0.2) is 16.7 Å². The van der Waals surface area contributed by atoms with E-state index in [0.29, 0.717) is 9.75 Å². The number of aromatic nitrogens is 2. The Morgan fingerprint density at radius 2 is 2.00 bits per heavy atom. The van der Waals surface area contributed by atoms with Crippen LogP contribution in [-0.4, -0.2) is 47.3 Å². The van der Waals surface area contributed by atoms with E-state index in [1.165, 1.54) is 18.4 Å². The number of nitrogens with zero attached hydrogens (tertiary/aromatic N) is 4. The van der Waals surface area contributed by atoms with Crippen LogP contribution in [0.3, 0.4) is 0 Å². The van der Waals surface area contributed by atoms with Crippen molar-refractivity contribution in [2.24, 2.45) is 0 Å². The minimum Gasteiger partial charge on any atom is -0.329 e. The van der Waals surface area contributed by atoms with Gasteiger partial charge in [-0.05, 0) is 25.0 Å². The molecule has 138 valence electrons. The molecule has 7 nitrogen and oxygen atoms in total. The maximum absolute atomic E-state index is 12.5. The molecule has 0 spiro atoms. The molecule has 1 saturated carbocycles. The average molecular weight is 396 g/mol. The molecule has 0 aliphatic heterocycles. The summed E-state index contributed by atoms with van der Waals surface area (Å²) < 4.78 is 69.1. The van der Waals surface area contributed by atoms with E-state index in [1.54, 1.807) is 12.1 Å². The molecule has 0 aromatic carbocycles. The van der Waals surface area contributed by atoms with Crippen LogP contribution in [0, 0.1) is 0 Å². The van der Waals surface area contributed by atoms with Gasteiger partial charge in [0.1, 0.15) is 0 Å². The van der Waals surface area contributed by atoms with Crippen LogP contribution in [0.4, 0.5) is 13.2 Å². The summed E-state index contributed by atoms with van der Waals surface area (Å²) in [6.07, 6.45) is -3.11. The highest BCUT2D eigenvalue weighted by Crippen LogP contribution is 2.35. The molecular weight excluding hydrogens is 381 g/mol. The standard InChI is InChI=1S/C13H15F3N4O3S2/c1-19(2)25(21,22)20(8-3-4-8)7-9-5-6-10(24-9)11-17-12(23-18-11)13(14,15)16/h5-6,8H,3-4,7H2,1-2H3. The molecule has 12 heteroatoms. The molecule has 0 bridgehead atoms. The Morgan fingerprint density at radius 1 is 1.32 bits per heavy atom. The van der Waals surface area contributed by atoms with Crippen molar-refractivity contribution in [2.45, 2.75) is 31.6 Å². The molecule has 0 radical (unpaired) electrons. The van der Waals surface area contributed by atoms with Gasteiger partial charge in [0.25, 0.3) is 10.2 Å². The molecule has 2 aromatic heterocycles. The number of alkyl halides is 3. The predicted molar refractivity (Wildman–Crippen MR) is 83.8 cm³/mol. The van der Waals surface area contributed by atoms with Gasteiger partial charge in [-0.25, -0.2) is 0 Å². The number of halogens is 3. The second-order valence-corrected chi connectivity index (χ2v) is 9.02. The van der Waals surface area contributed by atoms with Crippen LogP contribution in [0.2, 0.25) is 0 Å². The first kappa shape index (κ1) is 18.3. The molecule has 2 heterocycles. The smallest absolute Gasteiger partial charge is 0.329 e. The Hall–Kier alpha value is -1.50. The van der Waals surface area contributed by atoms with Crippen molar-refractivity contribution >= 4 is 21.5 Å². The second-order valence-electron chi connectivity index (χ2n) is 5.75. The van der Waals surface area contributed by atoms with E-state index >= 15 is 0 Å². The van der Waals surface area contributed by atoms with Gasteiger partial charge in [0, 0.05) is 31.6 Å². The Labute approximate surface area is 146 Å². The summed E-state index contributed by atoms with van der Waals surface area (Å²) in [5.41, 5.74) is 0. The van der Waals surface area contributed by atoms with Crippen LogP contribution in [0.1, 0.15) is 23.6 Å². The summed E-state index contributed by atoms with van der Waals surface area (Å²) in [6.45, 7) is 0.153. The summed E-state index contributed by atoms with van der Waals surface area (Å²) in [6, 6.07) is 3.17. The first-order valence-electron chi connectivity index (χ1n) is 7.28. The molecular formula is C13H15F3N4O3S2. The first-order chi connectivity index (χ1) is 11.6. The molecule has 1 aliphatic carbocycles. The minimum atomic E-state index is -4.70. The van der Waals surface area contributed by atoms with Gasteiger partial charge in [-0.15, -0.1) is 11.3 Å². The number of hydrogen-bond donors (Lipinski definition) is 0. The van der Waals surface area contributed by atoms with Crippen molar-refractivity contribution in [2.75, 3.05) is 14.1 Å². The van der Waals surface area contributed by atoms with Crippen molar-refractivity contribution in [1.82, 2.24) is 18.8 Å². The van der Waals surface area contributed by atoms with Gasteiger partial charge >= 0.3 is 12.1 Å². The van der Waals surface area contributed by atoms with Crippen LogP contribution in [-0.2, 0) is 22.9 Å². The second kappa shape index (κ2) is 6.34. The van der Waals surface area contributed by atoms with Crippen molar-refractivity contribution in [3.05, 3.63) is 22.9 Å². The molecule has 0 unspecified atom stereocenters. The summed E-state index contributed by atoms with van der Waals surface area (Å²) in [5, 5.41) is 3.33. The topological polar surface area (TPSA) is 79.5 Å². The van der Waals surface area contributed by atoms with Gasteiger partial charge in [0.15, 0.2) is 0 Å². The highest BCUT2D eigenvalue weighted by atomic mass is 32.2. The number of hydrogen-bond acceptors (Lipinski definition) is 6. The highest BCUT2D eigenvalue weighted by molar-refractivity contribution is 7.86. The van der Waals surface area contributed by atoms with Crippen molar-refractivity contribution in [3.8, 4) is 10.7 Å². The quantitative estimate of drug-likeness (QED) is 0.750. The third-order valence-corrected chi connectivity index (χ3v) is 6.58. The Kier molecular flexibility index (Phi) is 4.64. The molecule has 0 atom stereocenters. The van der Waals surface area contributed by atoms with Crippen LogP contribution < -0.4 is 0 Å². The van der Waals surface area contributed by atoms with E-state index in [-0.39, 0.29) is 18.4 Å². The Bertz CT molecular complexity index is 856. The van der Waals surface area contributed by atoms with Crippen LogP contribution in [0.25, 0.3) is 10.7 Å². The lowest BCUT2D eigenvalue weighted by atomic mass is 10.4. The van der Waals surface area contributed by atoms with E-state index in [9.17, 15) is 21.6 Å². The van der Waals surface area contributed by atoms with Crippen LogP contribution >= 0.6 is 11.3 Å². The van der Waals surface area contributed by atoms with Crippen molar-refractivity contribution in [3.63, 3.8) is 0 Å². The largest absolute Gasteiger partial charge is 0.471 e. The predicted octanol–water partition coefficient (Wildman–Crippen LogP) is 2.59. The third kappa shape index (κ3) is 3.86. The summed E-state index contributed by atoms with van der Waals surface area (Å²) >= 11 is 1.13. The Balaban J connectivity index is 1.80. The zero-order chi connectivity index (χ0) is 18.4. The number of rotatable bonds is 6. The van der Waals surface area contributed by atoms with E-state index in [2.05, 4.69) is 14.7 Å². The van der Waals surface area contributed by atoms with Crippen molar-refractivity contribution in [1.29, 1.82) is 0 Å². The zero-order valence-corrected chi connectivity index (χ0v) is 15.0. The van der Waals surface area contributed by atoms with Gasteiger partial charge in [-0.3, -0.25) is 0 Å². The normalized spacial score (nSPS) is 16.1. The summed E-state index contributed by atoms with van der Waals surface area (Å²) in [5.74, 6) is -1.58. The van der Waals surface area contributed by atoms with Gasteiger partial charge < -0.3 is 4.52 Å². The lowest BCUT2D eigenvalue weighted by Gasteiger charge is -2.24. The van der Waals surface area contributed by atoms with E-state index in [4.69, 9.17) is 0 Å². The fourth-order valence-electron chi connectivity index (χ4n) is 2.15. The molecule has 1 aliphatic rings. The highest BCUT2D eigenvalue weighted by Gasteiger charge is 2.40. The fourth-order valence-corrected chi connectivity index (χ4v) is 4.47. The molecule has 0 N–H and O–H groups in total. The maximum atomic E-state index is 12.5. The minimum absolute atomic E-state index is 0.0417. The number of thiophene rings is 1. The van der Waals surface area contributed by atoms with E-state index in [1.807, 2.05) is 0 Å². The monoisotopic (exact) mass is 396 g/mol. The molecule has 3 rings (SSSR count). The molecule has 25 heavy (non-hydrogen) atoms. The lowest BCUT2D eigenvalue weighted by molar-refractivity contribution is -0.159. The first-order valence-corrected chi connectivity index (χ1v) is 9.49. The van der Waals surface area contributed by atoms with Crippen molar-refractivity contribution < 1.29 is 26.1 Å². The molecule has 0 saturated heterocycles. The fraction of sp³-hybridized carbons (Fsp3) is 0.538. The van der Waals surface area contributed by atoms with Gasteiger partial charge in [-0.2, -0.15) is 35.2 Å². The summed E-state index contributed by atoms with van der Waals surface area (Å²) in [7, 11) is -0.648. The Morgan fingerprint density at radius 3 is 2.52 bits per heavy atom. The van der Waals surface area contributed by atoms with Gasteiger partial charge in [0.05, 0.1) is 4.88 Å². The van der Waals surface area contributed by atoms with E-state index < -0.39 is 22.3 Å². The molecule has 0 amide bonds. The van der Waals surface area contributed by atoms with Gasteiger partial charge in [0.2, 0.25) is 5.82 Å².